The van der Waals surface area contributed by atoms with Gasteiger partial charge in [0.2, 0.25) is 0 Å². The third-order valence-electron chi connectivity index (χ3n) is 6.30. The molecule has 0 atom stereocenters. The second kappa shape index (κ2) is 14.0. The van der Waals surface area contributed by atoms with Gasteiger partial charge in [-0.3, -0.25) is 0 Å². The number of hydrogen-bond acceptors (Lipinski definition) is 0. The summed E-state index contributed by atoms with van der Waals surface area (Å²) in [5.74, 6) is 0. The molecular formula is C34H46Cl2Zr-2. The molecule has 37 heavy (non-hydrogen) atoms. The van der Waals surface area contributed by atoms with Crippen molar-refractivity contribution in [3.05, 3.63) is 88.0 Å². The summed E-state index contributed by atoms with van der Waals surface area (Å²) in [6, 6.07) is 21.7. The molecule has 0 saturated carbocycles. The summed E-state index contributed by atoms with van der Waals surface area (Å²) >= 11 is 1.55. The smallest absolute Gasteiger partial charge is 0.0635 e. The van der Waals surface area contributed by atoms with E-state index in [4.69, 9.17) is 0 Å². The van der Waals surface area contributed by atoms with Crippen molar-refractivity contribution in [3.63, 3.8) is 0 Å². The molecule has 202 valence electrons. The van der Waals surface area contributed by atoms with Gasteiger partial charge in [0, 0.05) is 0 Å². The zero-order valence-corrected chi connectivity index (χ0v) is 29.1. The van der Waals surface area contributed by atoms with Crippen molar-refractivity contribution in [2.75, 3.05) is 0 Å². The van der Waals surface area contributed by atoms with Crippen LogP contribution in [0.3, 0.4) is 0 Å². The van der Waals surface area contributed by atoms with Crippen LogP contribution in [-0.4, -0.2) is 3.21 Å². The SMILES string of the molecule is CC(C)(C)c1c[c-]c2c(c1)-c1cc(C(C)(C)C)ccc1C2.C[C](C)=[Zr+2].Cc1cc(C(C)(C)C)c[cH-]1.[Cl-].[Cl-]. The van der Waals surface area contributed by atoms with E-state index in [1.807, 2.05) is 0 Å². The van der Waals surface area contributed by atoms with Crippen molar-refractivity contribution >= 4 is 3.21 Å². The van der Waals surface area contributed by atoms with E-state index < -0.39 is 0 Å². The molecule has 0 aliphatic heterocycles. The second-order valence-electron chi connectivity index (χ2n) is 13.3. The summed E-state index contributed by atoms with van der Waals surface area (Å²) in [7, 11) is 0. The molecule has 0 unspecified atom stereocenters. The molecule has 3 aromatic carbocycles. The minimum atomic E-state index is 0. The van der Waals surface area contributed by atoms with Gasteiger partial charge in [-0.05, 0) is 17.4 Å². The number of fused-ring (bicyclic) bond motifs is 3. The molecule has 1 aliphatic carbocycles. The molecule has 0 amide bonds. The van der Waals surface area contributed by atoms with Gasteiger partial charge in [-0.1, -0.05) is 109 Å². The van der Waals surface area contributed by atoms with Gasteiger partial charge in [-0.15, -0.1) is 5.56 Å². The molecular weight excluding hydrogens is 571 g/mol. The van der Waals surface area contributed by atoms with Crippen LogP contribution >= 0.6 is 0 Å². The Labute approximate surface area is 255 Å². The zero-order chi connectivity index (χ0) is 26.8. The largest absolute Gasteiger partial charge is 1.00 e. The van der Waals surface area contributed by atoms with Crippen LogP contribution in [0.4, 0.5) is 0 Å². The van der Waals surface area contributed by atoms with E-state index in [1.54, 1.807) is 24.2 Å². The van der Waals surface area contributed by atoms with Crippen molar-refractivity contribution in [2.24, 2.45) is 0 Å². The summed E-state index contributed by atoms with van der Waals surface area (Å²) in [5, 5.41) is 0. The Bertz CT molecular complexity index is 1100. The van der Waals surface area contributed by atoms with Crippen LogP contribution in [-0.2, 0) is 46.9 Å². The molecule has 0 heterocycles. The fraction of sp³-hybridized carbons (Fsp3) is 0.471. The molecule has 3 aromatic rings. The van der Waals surface area contributed by atoms with Gasteiger partial charge in [0.15, 0.2) is 0 Å². The Balaban J connectivity index is 0.000000684. The van der Waals surface area contributed by atoms with Crippen molar-refractivity contribution in [2.45, 2.75) is 106 Å². The fourth-order valence-electron chi connectivity index (χ4n) is 4.01. The van der Waals surface area contributed by atoms with Crippen LogP contribution in [0.25, 0.3) is 11.1 Å². The first-order chi connectivity index (χ1) is 15.9. The van der Waals surface area contributed by atoms with Gasteiger partial charge < -0.3 is 24.8 Å². The molecule has 0 aromatic heterocycles. The predicted octanol–water partition coefficient (Wildman–Crippen LogP) is 3.42. The van der Waals surface area contributed by atoms with E-state index in [2.05, 4.69) is 138 Å². The van der Waals surface area contributed by atoms with Crippen LogP contribution in [0.1, 0.15) is 110 Å². The summed E-state index contributed by atoms with van der Waals surface area (Å²) in [5.41, 5.74) is 11.9. The average Bonchev–Trinajstić information content (AvgIpc) is 3.29. The minimum absolute atomic E-state index is 0. The molecule has 0 radical (unpaired) electrons. The maximum Gasteiger partial charge on any atom is -0.0635 e. The number of rotatable bonds is 0. The summed E-state index contributed by atoms with van der Waals surface area (Å²) < 4.78 is 1.51. The van der Waals surface area contributed by atoms with E-state index in [-0.39, 0.29) is 35.6 Å². The molecule has 0 N–H and O–H groups in total. The standard InChI is InChI=1S/C21H25.C10H15.C3H6.2ClH.Zr/c1-20(2,3)16-9-7-14-11-15-8-10-17(21(4,5)6)13-19(15)18(14)12-16;1-8-5-6-9(7-8)10(2,3)4;1-3-2;;;/h7,9-10,12-13H,11H2,1-6H3;5-7H,1-4H3;1-2H3;2*1H;/q2*-1;;;;+2/p-2. The first kappa shape index (κ1) is 36.1. The molecule has 0 nitrogen and oxygen atoms in total. The molecule has 0 fully saturated rings. The van der Waals surface area contributed by atoms with E-state index in [9.17, 15) is 0 Å². The fourth-order valence-corrected chi connectivity index (χ4v) is 4.01. The molecule has 4 rings (SSSR count). The molecule has 0 spiro atoms. The van der Waals surface area contributed by atoms with Crippen LogP contribution in [0.5, 0.6) is 0 Å². The van der Waals surface area contributed by atoms with Gasteiger partial charge in [-0.2, -0.15) is 52.6 Å². The molecule has 0 saturated heterocycles. The van der Waals surface area contributed by atoms with Crippen molar-refractivity contribution in [1.82, 2.24) is 0 Å². The first-order valence-electron chi connectivity index (χ1n) is 12.8. The van der Waals surface area contributed by atoms with Crippen LogP contribution < -0.4 is 24.8 Å². The second-order valence-corrected chi connectivity index (χ2v) is 15.7. The Morgan fingerprint density at radius 3 is 1.65 bits per heavy atom. The van der Waals surface area contributed by atoms with Gasteiger partial charge in [0.1, 0.15) is 0 Å². The minimum Gasteiger partial charge on any atom is -1.00 e. The number of aryl methyl sites for hydroxylation is 1. The number of halogens is 2. The predicted molar refractivity (Wildman–Crippen MR) is 153 cm³/mol. The Morgan fingerprint density at radius 2 is 1.24 bits per heavy atom. The van der Waals surface area contributed by atoms with Crippen molar-refractivity contribution in [1.29, 1.82) is 0 Å². The average molecular weight is 617 g/mol. The summed E-state index contributed by atoms with van der Waals surface area (Å²) in [6.45, 7) is 26.7. The van der Waals surface area contributed by atoms with Crippen molar-refractivity contribution < 1.29 is 49.0 Å². The normalized spacial score (nSPS) is 11.9. The van der Waals surface area contributed by atoms with Crippen LogP contribution in [0.15, 0.2) is 48.5 Å². The summed E-state index contributed by atoms with van der Waals surface area (Å²) in [6.07, 6.45) is 1.03. The van der Waals surface area contributed by atoms with E-state index >= 15 is 0 Å². The molecule has 0 bridgehead atoms. The monoisotopic (exact) mass is 614 g/mol. The third-order valence-corrected chi connectivity index (χ3v) is 6.30. The van der Waals surface area contributed by atoms with Gasteiger partial charge in [-0.25, -0.2) is 6.07 Å². The summed E-state index contributed by atoms with van der Waals surface area (Å²) in [4.78, 5) is 0. The van der Waals surface area contributed by atoms with E-state index in [1.165, 1.54) is 47.7 Å². The van der Waals surface area contributed by atoms with Gasteiger partial charge >= 0.3 is 41.3 Å². The zero-order valence-electron chi connectivity index (χ0n) is 25.1. The van der Waals surface area contributed by atoms with Gasteiger partial charge in [0.05, 0.1) is 0 Å². The van der Waals surface area contributed by atoms with Crippen LogP contribution in [0, 0.1) is 13.0 Å². The third kappa shape index (κ3) is 10.7. The van der Waals surface area contributed by atoms with E-state index in [0.717, 1.165) is 6.42 Å². The van der Waals surface area contributed by atoms with Crippen LogP contribution in [0.2, 0.25) is 0 Å². The Kier molecular flexibility index (Phi) is 13.6. The maximum atomic E-state index is 3.53. The van der Waals surface area contributed by atoms with Gasteiger partial charge in [0.25, 0.3) is 0 Å². The first-order valence-corrected chi connectivity index (χ1v) is 14.1. The molecule has 1 aliphatic rings. The van der Waals surface area contributed by atoms with E-state index in [0.29, 0.717) is 5.41 Å². The van der Waals surface area contributed by atoms with Crippen molar-refractivity contribution in [3.8, 4) is 11.1 Å². The number of hydrogen-bond donors (Lipinski definition) is 0. The topological polar surface area (TPSA) is 0 Å². The maximum absolute atomic E-state index is 3.53. The number of benzene rings is 2. The Morgan fingerprint density at radius 1 is 0.757 bits per heavy atom. The Hall–Kier alpha value is -0.877. The molecule has 3 heteroatoms. The quantitative estimate of drug-likeness (QED) is 0.266.